The molecule has 1 aromatic heterocycles. The molecule has 2 N–H and O–H groups in total. The molecule has 0 aromatic carbocycles. The summed E-state index contributed by atoms with van der Waals surface area (Å²) in [4.78, 5) is 16.9. The predicted octanol–water partition coefficient (Wildman–Crippen LogP) is 0.374. The molecule has 0 spiro atoms. The van der Waals surface area contributed by atoms with Crippen molar-refractivity contribution in [3.8, 4) is 5.88 Å². The lowest BCUT2D eigenvalue weighted by Gasteiger charge is -2.10. The van der Waals surface area contributed by atoms with E-state index in [4.69, 9.17) is 10.5 Å². The zero-order valence-electron chi connectivity index (χ0n) is 8.44. The number of nitrogen functional groups attached to an aromatic ring is 1. The Morgan fingerprint density at radius 3 is 2.64 bits per heavy atom. The Balaban J connectivity index is 3.06. The first-order valence-corrected chi connectivity index (χ1v) is 4.08. The van der Waals surface area contributed by atoms with Gasteiger partial charge in [-0.3, -0.25) is 4.79 Å². The van der Waals surface area contributed by atoms with Crippen LogP contribution in [0.5, 0.6) is 5.88 Å². The molecule has 1 amide bonds. The molecule has 0 aliphatic heterocycles. The van der Waals surface area contributed by atoms with Crippen LogP contribution >= 0.6 is 0 Å². The Labute approximate surface area is 82.5 Å². The first-order valence-electron chi connectivity index (χ1n) is 4.08. The number of hydrogen-bond donors (Lipinski definition) is 1. The van der Waals surface area contributed by atoms with Crippen molar-refractivity contribution in [2.24, 2.45) is 0 Å². The number of aromatic nitrogens is 1. The van der Waals surface area contributed by atoms with Gasteiger partial charge in [-0.1, -0.05) is 0 Å². The van der Waals surface area contributed by atoms with E-state index in [0.717, 1.165) is 0 Å². The number of nitrogens with zero attached hydrogens (tertiary/aromatic N) is 2. The highest BCUT2D eigenvalue weighted by molar-refractivity contribution is 5.92. The molecule has 0 saturated carbocycles. The molecule has 1 rings (SSSR count). The van der Waals surface area contributed by atoms with Gasteiger partial charge in [0.05, 0.1) is 12.8 Å². The van der Waals surface area contributed by atoms with Gasteiger partial charge in [0.1, 0.15) is 5.69 Å². The van der Waals surface area contributed by atoms with E-state index >= 15 is 0 Å². The minimum atomic E-state index is -0.177. The van der Waals surface area contributed by atoms with Crippen molar-refractivity contribution < 1.29 is 9.53 Å². The number of pyridine rings is 1. The van der Waals surface area contributed by atoms with Crippen LogP contribution in [0.2, 0.25) is 0 Å². The van der Waals surface area contributed by atoms with Gasteiger partial charge in [0.15, 0.2) is 0 Å². The Bertz CT molecular complexity index is 350. The van der Waals surface area contributed by atoms with Crippen molar-refractivity contribution in [1.82, 2.24) is 9.88 Å². The van der Waals surface area contributed by atoms with E-state index in [1.165, 1.54) is 12.0 Å². The average molecular weight is 195 g/mol. The molecule has 5 heteroatoms. The largest absolute Gasteiger partial charge is 0.480 e. The molecular weight excluding hydrogens is 182 g/mol. The minimum Gasteiger partial charge on any atom is -0.480 e. The lowest BCUT2D eigenvalue weighted by molar-refractivity contribution is 0.0821. The van der Waals surface area contributed by atoms with E-state index in [9.17, 15) is 4.79 Å². The molecule has 0 aliphatic carbocycles. The lowest BCUT2D eigenvalue weighted by atomic mass is 10.3. The fourth-order valence-electron chi connectivity index (χ4n) is 0.963. The third kappa shape index (κ3) is 1.93. The van der Waals surface area contributed by atoms with Gasteiger partial charge in [-0.15, -0.1) is 0 Å². The zero-order chi connectivity index (χ0) is 10.7. The minimum absolute atomic E-state index is 0.177. The number of rotatable bonds is 2. The molecule has 14 heavy (non-hydrogen) atoms. The maximum Gasteiger partial charge on any atom is 0.272 e. The van der Waals surface area contributed by atoms with Gasteiger partial charge < -0.3 is 15.4 Å². The van der Waals surface area contributed by atoms with Crippen molar-refractivity contribution in [3.05, 3.63) is 17.8 Å². The van der Waals surface area contributed by atoms with Crippen LogP contribution in [-0.2, 0) is 0 Å². The highest BCUT2D eigenvalue weighted by Gasteiger charge is 2.11. The van der Waals surface area contributed by atoms with Crippen LogP contribution in [-0.4, -0.2) is 37.0 Å². The van der Waals surface area contributed by atoms with Crippen molar-refractivity contribution >= 4 is 11.6 Å². The molecule has 0 saturated heterocycles. The number of amides is 1. The van der Waals surface area contributed by atoms with E-state index in [1.807, 2.05) is 0 Å². The number of carbonyl (C=O) groups is 1. The summed E-state index contributed by atoms with van der Waals surface area (Å²) >= 11 is 0. The number of nitrogens with two attached hydrogens (primary N) is 1. The molecule has 5 nitrogen and oxygen atoms in total. The van der Waals surface area contributed by atoms with Gasteiger partial charge in [0, 0.05) is 14.1 Å². The number of ether oxygens (including phenoxy) is 1. The molecule has 0 atom stereocenters. The van der Waals surface area contributed by atoms with Crippen molar-refractivity contribution in [1.29, 1.82) is 0 Å². The second-order valence-corrected chi connectivity index (χ2v) is 2.99. The highest BCUT2D eigenvalue weighted by Crippen LogP contribution is 2.17. The van der Waals surface area contributed by atoms with Crippen LogP contribution in [0.1, 0.15) is 10.5 Å². The van der Waals surface area contributed by atoms with Gasteiger partial charge in [0.25, 0.3) is 5.91 Å². The second kappa shape index (κ2) is 3.95. The molecule has 0 radical (unpaired) electrons. The molecule has 0 aliphatic rings. The molecule has 0 bridgehead atoms. The van der Waals surface area contributed by atoms with E-state index in [-0.39, 0.29) is 11.8 Å². The van der Waals surface area contributed by atoms with Gasteiger partial charge >= 0.3 is 0 Å². The van der Waals surface area contributed by atoms with Crippen LogP contribution < -0.4 is 10.5 Å². The maximum absolute atomic E-state index is 11.5. The van der Waals surface area contributed by atoms with E-state index in [1.54, 1.807) is 26.2 Å². The smallest absolute Gasteiger partial charge is 0.272 e. The highest BCUT2D eigenvalue weighted by atomic mass is 16.5. The molecule has 0 unspecified atom stereocenters. The van der Waals surface area contributed by atoms with Crippen molar-refractivity contribution in [2.45, 2.75) is 0 Å². The first kappa shape index (κ1) is 10.3. The van der Waals surface area contributed by atoms with Gasteiger partial charge in [-0.05, 0) is 12.1 Å². The number of hydrogen-bond acceptors (Lipinski definition) is 4. The van der Waals surface area contributed by atoms with Crippen LogP contribution in [0.3, 0.4) is 0 Å². The second-order valence-electron chi connectivity index (χ2n) is 2.99. The zero-order valence-corrected chi connectivity index (χ0v) is 8.44. The summed E-state index contributed by atoms with van der Waals surface area (Å²) < 4.78 is 4.91. The van der Waals surface area contributed by atoms with Crippen LogP contribution in [0.25, 0.3) is 0 Å². The van der Waals surface area contributed by atoms with E-state index in [2.05, 4.69) is 4.98 Å². The Hall–Kier alpha value is -1.78. The summed E-state index contributed by atoms with van der Waals surface area (Å²) in [5.74, 6) is 0.0981. The van der Waals surface area contributed by atoms with Gasteiger partial charge in [0.2, 0.25) is 5.88 Å². The standard InChI is InChI=1S/C9H13N3O2/c1-12(2)9(13)7-5-4-6(10)8(11-7)14-3/h4-5H,10H2,1-3H3. The van der Waals surface area contributed by atoms with Gasteiger partial charge in [-0.2, -0.15) is 0 Å². The average Bonchev–Trinajstić information content (AvgIpc) is 2.17. The normalized spacial score (nSPS) is 9.64. The summed E-state index contributed by atoms with van der Waals surface area (Å²) in [6.07, 6.45) is 0. The predicted molar refractivity (Wildman–Crippen MR) is 53.2 cm³/mol. The third-order valence-corrected chi connectivity index (χ3v) is 1.71. The first-order chi connectivity index (χ1) is 6.56. The topological polar surface area (TPSA) is 68.5 Å². The fourth-order valence-corrected chi connectivity index (χ4v) is 0.963. The van der Waals surface area contributed by atoms with Gasteiger partial charge in [-0.25, -0.2) is 4.98 Å². The summed E-state index contributed by atoms with van der Waals surface area (Å²) in [5.41, 5.74) is 6.30. The Morgan fingerprint density at radius 1 is 1.50 bits per heavy atom. The van der Waals surface area contributed by atoms with Crippen LogP contribution in [0, 0.1) is 0 Å². The molecule has 1 aromatic rings. The summed E-state index contributed by atoms with van der Waals surface area (Å²) in [6.45, 7) is 0. The van der Waals surface area contributed by atoms with E-state index in [0.29, 0.717) is 11.4 Å². The number of carbonyl (C=O) groups excluding carboxylic acids is 1. The number of methoxy groups -OCH3 is 1. The lowest BCUT2D eigenvalue weighted by Crippen LogP contribution is -2.22. The van der Waals surface area contributed by atoms with E-state index < -0.39 is 0 Å². The molecular formula is C9H13N3O2. The van der Waals surface area contributed by atoms with Crippen molar-refractivity contribution in [3.63, 3.8) is 0 Å². The Morgan fingerprint density at radius 2 is 2.14 bits per heavy atom. The summed E-state index contributed by atoms with van der Waals surface area (Å²) in [7, 11) is 4.78. The summed E-state index contributed by atoms with van der Waals surface area (Å²) in [6, 6.07) is 3.17. The SMILES string of the molecule is COc1nc(C(=O)N(C)C)ccc1N. The fraction of sp³-hybridized carbons (Fsp3) is 0.333. The van der Waals surface area contributed by atoms with Crippen LogP contribution in [0.4, 0.5) is 5.69 Å². The molecule has 0 fully saturated rings. The maximum atomic E-state index is 11.5. The van der Waals surface area contributed by atoms with Crippen molar-refractivity contribution in [2.75, 3.05) is 26.9 Å². The monoisotopic (exact) mass is 195 g/mol. The molecule has 1 heterocycles. The Kier molecular flexibility index (Phi) is 2.91. The quantitative estimate of drug-likeness (QED) is 0.740. The summed E-state index contributed by atoms with van der Waals surface area (Å²) in [5, 5.41) is 0. The third-order valence-electron chi connectivity index (χ3n) is 1.71. The number of anilines is 1. The van der Waals surface area contributed by atoms with Crippen LogP contribution in [0.15, 0.2) is 12.1 Å². The molecule has 76 valence electrons.